The first-order valence-electron chi connectivity index (χ1n) is 9.44. The van der Waals surface area contributed by atoms with Gasteiger partial charge in [0, 0.05) is 30.3 Å². The van der Waals surface area contributed by atoms with Gasteiger partial charge in [0.2, 0.25) is 0 Å². The lowest BCUT2D eigenvalue weighted by molar-refractivity contribution is 0.0680. The summed E-state index contributed by atoms with van der Waals surface area (Å²) in [5, 5.41) is 3.23. The topological polar surface area (TPSA) is 66.0 Å². The maximum absolute atomic E-state index is 12.7. The predicted octanol–water partition coefficient (Wildman–Crippen LogP) is 4.31. The van der Waals surface area contributed by atoms with Crippen LogP contribution in [0.1, 0.15) is 29.6 Å². The number of halogens is 1. The van der Waals surface area contributed by atoms with Crippen molar-refractivity contribution in [2.24, 2.45) is 0 Å². The number of carbonyl (C=O) groups is 1. The molecule has 6 nitrogen and oxygen atoms in total. The van der Waals surface area contributed by atoms with Gasteiger partial charge in [-0.2, -0.15) is 0 Å². The molecule has 0 radical (unpaired) electrons. The first kappa shape index (κ1) is 18.9. The van der Waals surface area contributed by atoms with Crippen molar-refractivity contribution >= 4 is 23.2 Å². The van der Waals surface area contributed by atoms with Gasteiger partial charge < -0.3 is 24.3 Å². The number of amides is 1. The third-order valence-electron chi connectivity index (χ3n) is 4.62. The average molecular weight is 404 g/mol. The third-order valence-corrected chi connectivity index (χ3v) is 4.90. The van der Waals surface area contributed by atoms with Crippen LogP contribution in [0, 0.1) is 0 Å². The minimum Gasteiger partial charge on any atom is -0.491 e. The van der Waals surface area contributed by atoms with Crippen LogP contribution in [0.4, 0.5) is 5.69 Å². The second-order valence-electron chi connectivity index (χ2n) is 6.76. The molecule has 1 atom stereocenters. The fraction of sp³-hybridized carbons (Fsp3) is 0.381. The predicted molar refractivity (Wildman–Crippen MR) is 106 cm³/mol. The number of nitrogens with one attached hydrogen (secondary N) is 1. The van der Waals surface area contributed by atoms with Crippen LogP contribution in [0.3, 0.4) is 0 Å². The molecule has 1 unspecified atom stereocenters. The SMILES string of the molecule is O=C(Nc1cccc(OCC2CCCO2)c1)c1cc(Cl)c2c(c1)OCCCO2. The first-order chi connectivity index (χ1) is 13.7. The Morgan fingerprint density at radius 2 is 2.04 bits per heavy atom. The lowest BCUT2D eigenvalue weighted by Crippen LogP contribution is -2.16. The van der Waals surface area contributed by atoms with Crippen LogP contribution in [0.5, 0.6) is 17.2 Å². The molecule has 148 valence electrons. The number of benzene rings is 2. The molecule has 1 saturated heterocycles. The number of carbonyl (C=O) groups excluding carboxylic acids is 1. The van der Waals surface area contributed by atoms with E-state index in [2.05, 4.69) is 5.32 Å². The Hall–Kier alpha value is -2.44. The van der Waals surface area contributed by atoms with E-state index in [0.29, 0.717) is 53.3 Å². The Labute approximate surface area is 168 Å². The molecule has 0 aliphatic carbocycles. The summed E-state index contributed by atoms with van der Waals surface area (Å²) >= 11 is 6.28. The summed E-state index contributed by atoms with van der Waals surface area (Å²) in [5.74, 6) is 1.38. The summed E-state index contributed by atoms with van der Waals surface area (Å²) in [7, 11) is 0. The molecule has 2 aromatic rings. The highest BCUT2D eigenvalue weighted by Crippen LogP contribution is 2.38. The van der Waals surface area contributed by atoms with E-state index in [1.807, 2.05) is 18.2 Å². The number of ether oxygens (including phenoxy) is 4. The fourth-order valence-corrected chi connectivity index (χ4v) is 3.46. The van der Waals surface area contributed by atoms with Crippen molar-refractivity contribution in [2.45, 2.75) is 25.4 Å². The van der Waals surface area contributed by atoms with E-state index in [1.54, 1.807) is 18.2 Å². The highest BCUT2D eigenvalue weighted by atomic mass is 35.5. The number of rotatable bonds is 5. The molecule has 28 heavy (non-hydrogen) atoms. The average Bonchev–Trinajstić information content (AvgIpc) is 3.10. The van der Waals surface area contributed by atoms with Crippen LogP contribution in [-0.2, 0) is 4.74 Å². The van der Waals surface area contributed by atoms with E-state index in [0.717, 1.165) is 25.9 Å². The molecule has 0 bridgehead atoms. The molecule has 2 aliphatic heterocycles. The minimum atomic E-state index is -0.283. The molecule has 0 spiro atoms. The lowest BCUT2D eigenvalue weighted by Gasteiger charge is -2.13. The van der Waals surface area contributed by atoms with Crippen LogP contribution in [0.2, 0.25) is 5.02 Å². The summed E-state index contributed by atoms with van der Waals surface area (Å²) in [6.45, 7) is 2.37. The molecule has 1 N–H and O–H groups in total. The number of hydrogen-bond donors (Lipinski definition) is 1. The lowest BCUT2D eigenvalue weighted by atomic mass is 10.1. The van der Waals surface area contributed by atoms with Gasteiger partial charge in [-0.15, -0.1) is 0 Å². The first-order valence-corrected chi connectivity index (χ1v) is 9.82. The van der Waals surface area contributed by atoms with Crippen molar-refractivity contribution in [2.75, 3.05) is 31.7 Å². The van der Waals surface area contributed by atoms with E-state index in [-0.39, 0.29) is 12.0 Å². The van der Waals surface area contributed by atoms with Crippen LogP contribution in [-0.4, -0.2) is 38.4 Å². The number of anilines is 1. The van der Waals surface area contributed by atoms with Crippen LogP contribution in [0.15, 0.2) is 36.4 Å². The summed E-state index contributed by atoms with van der Waals surface area (Å²) in [4.78, 5) is 12.7. The highest BCUT2D eigenvalue weighted by molar-refractivity contribution is 6.32. The molecule has 1 fully saturated rings. The number of fused-ring (bicyclic) bond motifs is 1. The van der Waals surface area contributed by atoms with Gasteiger partial charge in [0.25, 0.3) is 5.91 Å². The molecule has 2 aliphatic rings. The Bertz CT molecular complexity index is 851. The van der Waals surface area contributed by atoms with Gasteiger partial charge in [-0.05, 0) is 37.1 Å². The molecule has 1 amide bonds. The smallest absolute Gasteiger partial charge is 0.255 e. The normalized spacial score (nSPS) is 18.4. The van der Waals surface area contributed by atoms with Crippen molar-refractivity contribution in [1.29, 1.82) is 0 Å². The van der Waals surface area contributed by atoms with Gasteiger partial charge in [-0.25, -0.2) is 0 Å². The molecule has 0 saturated carbocycles. The second kappa shape index (κ2) is 8.71. The largest absolute Gasteiger partial charge is 0.491 e. The van der Waals surface area contributed by atoms with E-state index in [4.69, 9.17) is 30.5 Å². The summed E-state index contributed by atoms with van der Waals surface area (Å²) in [6.07, 6.45) is 3.00. The van der Waals surface area contributed by atoms with Gasteiger partial charge in [0.1, 0.15) is 12.4 Å². The quantitative estimate of drug-likeness (QED) is 0.805. The standard InChI is InChI=1S/C21H22ClNO5/c22-18-10-14(11-19-20(18)27-9-3-8-26-19)21(24)23-15-4-1-5-16(12-15)28-13-17-6-2-7-25-17/h1,4-5,10-12,17H,2-3,6-9,13H2,(H,23,24). The summed E-state index contributed by atoms with van der Waals surface area (Å²) in [6, 6.07) is 10.5. The fourth-order valence-electron chi connectivity index (χ4n) is 3.19. The van der Waals surface area contributed by atoms with E-state index in [1.165, 1.54) is 0 Å². The zero-order valence-corrected chi connectivity index (χ0v) is 16.2. The highest BCUT2D eigenvalue weighted by Gasteiger charge is 2.19. The monoisotopic (exact) mass is 403 g/mol. The minimum absolute atomic E-state index is 0.141. The third kappa shape index (κ3) is 4.51. The maximum Gasteiger partial charge on any atom is 0.255 e. The van der Waals surface area contributed by atoms with Crippen molar-refractivity contribution in [3.8, 4) is 17.2 Å². The van der Waals surface area contributed by atoms with E-state index < -0.39 is 0 Å². The van der Waals surface area contributed by atoms with Crippen LogP contribution < -0.4 is 19.5 Å². The molecule has 0 aromatic heterocycles. The van der Waals surface area contributed by atoms with E-state index in [9.17, 15) is 4.79 Å². The molecule has 7 heteroatoms. The Balaban J connectivity index is 1.44. The van der Waals surface area contributed by atoms with Crippen LogP contribution in [0.25, 0.3) is 0 Å². The molecular weight excluding hydrogens is 382 g/mol. The Kier molecular flexibility index (Phi) is 5.88. The summed E-state index contributed by atoms with van der Waals surface area (Å²) < 4.78 is 22.6. The van der Waals surface area contributed by atoms with Gasteiger partial charge in [0.05, 0.1) is 24.3 Å². The molecule has 4 rings (SSSR count). The van der Waals surface area contributed by atoms with Crippen LogP contribution >= 0.6 is 11.6 Å². The Morgan fingerprint density at radius 3 is 2.89 bits per heavy atom. The van der Waals surface area contributed by atoms with Gasteiger partial charge >= 0.3 is 0 Å². The zero-order valence-electron chi connectivity index (χ0n) is 15.4. The Morgan fingerprint density at radius 1 is 1.14 bits per heavy atom. The van der Waals surface area contributed by atoms with Crippen molar-refractivity contribution < 1.29 is 23.7 Å². The number of hydrogen-bond acceptors (Lipinski definition) is 5. The summed E-state index contributed by atoms with van der Waals surface area (Å²) in [5.41, 5.74) is 1.04. The molecular formula is C21H22ClNO5. The van der Waals surface area contributed by atoms with Gasteiger partial charge in [-0.3, -0.25) is 4.79 Å². The molecule has 2 heterocycles. The van der Waals surface area contributed by atoms with Gasteiger partial charge in [0.15, 0.2) is 11.5 Å². The second-order valence-corrected chi connectivity index (χ2v) is 7.17. The van der Waals surface area contributed by atoms with Crippen molar-refractivity contribution in [1.82, 2.24) is 0 Å². The van der Waals surface area contributed by atoms with Crippen molar-refractivity contribution in [3.63, 3.8) is 0 Å². The van der Waals surface area contributed by atoms with E-state index >= 15 is 0 Å². The van der Waals surface area contributed by atoms with Gasteiger partial charge in [-0.1, -0.05) is 17.7 Å². The van der Waals surface area contributed by atoms with Crippen molar-refractivity contribution in [3.05, 3.63) is 47.0 Å². The maximum atomic E-state index is 12.7. The zero-order chi connectivity index (χ0) is 19.3. The molecule has 2 aromatic carbocycles.